The molecule has 5 nitrogen and oxygen atoms in total. The summed E-state index contributed by atoms with van der Waals surface area (Å²) in [4.78, 5) is 22.2. The van der Waals surface area contributed by atoms with E-state index in [4.69, 9.17) is 4.98 Å². The molecule has 0 amide bonds. The summed E-state index contributed by atoms with van der Waals surface area (Å²) in [6, 6.07) is 24.9. The highest BCUT2D eigenvalue weighted by atomic mass is 32.2. The number of nitrogens with zero attached hydrogens (tertiary/aromatic N) is 4. The minimum absolute atomic E-state index is 0.120. The average molecular weight is 437 g/mol. The minimum atomic E-state index is 0.120. The Hall–Kier alpha value is -3.51. The van der Waals surface area contributed by atoms with Crippen molar-refractivity contribution in [1.29, 1.82) is 0 Å². The fourth-order valence-corrected chi connectivity index (χ4v) is 5.28. The lowest BCUT2D eigenvalue weighted by Gasteiger charge is -2.22. The molecule has 6 heteroatoms. The Morgan fingerprint density at radius 1 is 0.906 bits per heavy atom. The van der Waals surface area contributed by atoms with E-state index in [9.17, 15) is 4.79 Å². The van der Waals surface area contributed by atoms with Crippen molar-refractivity contribution in [3.8, 4) is 0 Å². The van der Waals surface area contributed by atoms with Crippen LogP contribution in [0, 0.1) is 0 Å². The van der Waals surface area contributed by atoms with Gasteiger partial charge in [-0.15, -0.1) is 5.10 Å². The third-order valence-electron chi connectivity index (χ3n) is 6.07. The third-order valence-corrected chi connectivity index (χ3v) is 6.96. The van der Waals surface area contributed by atoms with Crippen molar-refractivity contribution in [2.24, 2.45) is 0 Å². The van der Waals surface area contributed by atoms with Gasteiger partial charge >= 0.3 is 0 Å². The summed E-state index contributed by atoms with van der Waals surface area (Å²) < 4.78 is 1.64. The van der Waals surface area contributed by atoms with Crippen LogP contribution < -0.4 is 0 Å². The molecule has 0 radical (unpaired) electrons. The van der Waals surface area contributed by atoms with Crippen molar-refractivity contribution in [2.45, 2.75) is 29.7 Å². The van der Waals surface area contributed by atoms with E-state index in [1.54, 1.807) is 22.5 Å². The van der Waals surface area contributed by atoms with Crippen LogP contribution in [0.3, 0.4) is 0 Å². The van der Waals surface area contributed by atoms with Gasteiger partial charge in [0.15, 0.2) is 5.78 Å². The predicted molar refractivity (Wildman–Crippen MR) is 126 cm³/mol. The monoisotopic (exact) mass is 436 g/mol. The number of fused-ring (bicyclic) bond motifs is 3. The Balaban J connectivity index is 1.28. The van der Waals surface area contributed by atoms with Crippen LogP contribution >= 0.6 is 11.8 Å². The molecule has 1 aliphatic carbocycles. The molecule has 0 saturated heterocycles. The lowest BCUT2D eigenvalue weighted by atomic mass is 9.82. The van der Waals surface area contributed by atoms with Gasteiger partial charge in [0.1, 0.15) is 0 Å². The van der Waals surface area contributed by atoms with Gasteiger partial charge in [-0.3, -0.25) is 4.79 Å². The van der Waals surface area contributed by atoms with E-state index in [1.165, 1.54) is 21.9 Å². The molecule has 2 heterocycles. The standard InChI is InChI=1S/C26H20N4OS/c31-24-14-20(17-7-2-1-3-8-17)13-23-22(24)15-30-25(27-23)28-26(29-30)32-16-19-11-6-10-18-9-4-5-12-21(18)19/h1-12,15,20H,13-14,16H2. The van der Waals surface area contributed by atoms with Gasteiger partial charge in [0.05, 0.1) is 11.3 Å². The van der Waals surface area contributed by atoms with Crippen LogP contribution in [0.5, 0.6) is 0 Å². The summed E-state index contributed by atoms with van der Waals surface area (Å²) in [6.45, 7) is 0. The number of rotatable bonds is 4. The van der Waals surface area contributed by atoms with E-state index in [0.717, 1.165) is 17.9 Å². The highest BCUT2D eigenvalue weighted by Crippen LogP contribution is 2.32. The summed E-state index contributed by atoms with van der Waals surface area (Å²) in [7, 11) is 0. The maximum atomic E-state index is 12.8. The quantitative estimate of drug-likeness (QED) is 0.349. The second kappa shape index (κ2) is 7.88. The molecule has 6 rings (SSSR count). The fourth-order valence-electron chi connectivity index (χ4n) is 4.45. The first-order valence-electron chi connectivity index (χ1n) is 10.7. The number of thioether (sulfide) groups is 1. The summed E-state index contributed by atoms with van der Waals surface area (Å²) in [6.07, 6.45) is 3.05. The highest BCUT2D eigenvalue weighted by molar-refractivity contribution is 7.98. The molecular weight excluding hydrogens is 416 g/mol. The Labute approximate surface area is 189 Å². The van der Waals surface area contributed by atoms with E-state index >= 15 is 0 Å². The lowest BCUT2D eigenvalue weighted by molar-refractivity contribution is 0.0962. The Morgan fingerprint density at radius 3 is 2.62 bits per heavy atom. The van der Waals surface area contributed by atoms with Gasteiger partial charge in [-0.1, -0.05) is 84.6 Å². The number of carbonyl (C=O) groups excluding carboxylic acids is 1. The van der Waals surface area contributed by atoms with Crippen molar-refractivity contribution in [2.75, 3.05) is 0 Å². The van der Waals surface area contributed by atoms with Crippen LogP contribution in [0.15, 0.2) is 84.1 Å². The molecule has 5 aromatic rings. The van der Waals surface area contributed by atoms with Crippen molar-refractivity contribution in [1.82, 2.24) is 19.6 Å². The number of ketones is 1. The van der Waals surface area contributed by atoms with E-state index in [1.807, 2.05) is 18.2 Å². The van der Waals surface area contributed by atoms with Gasteiger partial charge in [0.2, 0.25) is 5.16 Å². The third kappa shape index (κ3) is 3.46. The molecule has 1 aliphatic rings. The van der Waals surface area contributed by atoms with E-state index in [2.05, 4.69) is 64.7 Å². The maximum absolute atomic E-state index is 12.8. The van der Waals surface area contributed by atoms with Crippen molar-refractivity contribution in [3.63, 3.8) is 0 Å². The average Bonchev–Trinajstić information content (AvgIpc) is 3.24. The minimum Gasteiger partial charge on any atom is -0.294 e. The molecule has 0 saturated carbocycles. The highest BCUT2D eigenvalue weighted by Gasteiger charge is 2.28. The summed E-state index contributed by atoms with van der Waals surface area (Å²) in [5.74, 6) is 1.60. The first kappa shape index (κ1) is 19.2. The van der Waals surface area contributed by atoms with E-state index in [-0.39, 0.29) is 11.7 Å². The molecule has 0 bridgehead atoms. The van der Waals surface area contributed by atoms with Crippen LogP contribution in [0.1, 0.15) is 39.5 Å². The molecule has 1 atom stereocenters. The van der Waals surface area contributed by atoms with Crippen LogP contribution in [-0.2, 0) is 12.2 Å². The number of carbonyl (C=O) groups is 1. The van der Waals surface area contributed by atoms with Crippen molar-refractivity contribution < 1.29 is 4.79 Å². The zero-order valence-corrected chi connectivity index (χ0v) is 18.1. The fraction of sp³-hybridized carbons (Fsp3) is 0.154. The van der Waals surface area contributed by atoms with E-state index < -0.39 is 0 Å². The Bertz CT molecular complexity index is 1460. The van der Waals surface area contributed by atoms with Crippen LogP contribution in [0.4, 0.5) is 0 Å². The molecule has 0 aliphatic heterocycles. The number of hydrogen-bond donors (Lipinski definition) is 0. The number of benzene rings is 3. The van der Waals surface area contributed by atoms with Crippen molar-refractivity contribution in [3.05, 3.63) is 101 Å². The molecule has 0 fully saturated rings. The first-order chi connectivity index (χ1) is 15.7. The van der Waals surface area contributed by atoms with Gasteiger partial charge in [0, 0.05) is 18.4 Å². The SMILES string of the molecule is O=C1CC(c2ccccc2)Cc2nc3nc(SCc4cccc5ccccc45)nn3cc21. The van der Waals surface area contributed by atoms with E-state index in [0.29, 0.717) is 22.9 Å². The Kier molecular flexibility index (Phi) is 4.72. The van der Waals surface area contributed by atoms with Crippen LogP contribution in [0.2, 0.25) is 0 Å². The smallest absolute Gasteiger partial charge is 0.253 e. The van der Waals surface area contributed by atoms with Gasteiger partial charge < -0.3 is 0 Å². The Morgan fingerprint density at radius 2 is 1.72 bits per heavy atom. The molecule has 156 valence electrons. The zero-order chi connectivity index (χ0) is 21.5. The molecule has 3 aromatic carbocycles. The van der Waals surface area contributed by atoms with Crippen LogP contribution in [0.25, 0.3) is 16.6 Å². The topological polar surface area (TPSA) is 60.2 Å². The lowest BCUT2D eigenvalue weighted by Crippen LogP contribution is -2.21. The molecule has 2 aromatic heterocycles. The molecule has 1 unspecified atom stereocenters. The number of hydrogen-bond acceptors (Lipinski definition) is 5. The molecule has 32 heavy (non-hydrogen) atoms. The van der Waals surface area contributed by atoms with Gasteiger partial charge in [-0.05, 0) is 34.2 Å². The normalized spacial score (nSPS) is 15.9. The molecular formula is C26H20N4OS. The predicted octanol–water partition coefficient (Wildman–Crippen LogP) is 5.48. The molecule has 0 spiro atoms. The molecule has 0 N–H and O–H groups in total. The number of aromatic nitrogens is 4. The summed E-state index contributed by atoms with van der Waals surface area (Å²) in [5, 5.41) is 7.73. The van der Waals surface area contributed by atoms with Crippen molar-refractivity contribution >= 4 is 34.1 Å². The van der Waals surface area contributed by atoms with Gasteiger partial charge in [-0.2, -0.15) is 4.98 Å². The zero-order valence-electron chi connectivity index (χ0n) is 17.3. The second-order valence-corrected chi connectivity index (χ2v) is 9.05. The summed E-state index contributed by atoms with van der Waals surface area (Å²) >= 11 is 1.59. The van der Waals surface area contributed by atoms with Gasteiger partial charge in [0.25, 0.3) is 5.78 Å². The van der Waals surface area contributed by atoms with Crippen LogP contribution in [-0.4, -0.2) is 25.4 Å². The second-order valence-electron chi connectivity index (χ2n) is 8.11. The maximum Gasteiger partial charge on any atom is 0.253 e. The summed E-state index contributed by atoms with van der Waals surface area (Å²) in [5.41, 5.74) is 3.92. The number of Topliss-reactive ketones (excluding diaryl/α,β-unsaturated/α-hetero) is 1. The first-order valence-corrected chi connectivity index (χ1v) is 11.7. The largest absolute Gasteiger partial charge is 0.294 e. The van der Waals surface area contributed by atoms with Gasteiger partial charge in [-0.25, -0.2) is 9.50 Å².